The van der Waals surface area contributed by atoms with E-state index in [9.17, 15) is 91.0 Å². The summed E-state index contributed by atoms with van der Waals surface area (Å²) in [6, 6.07) is 0. The summed E-state index contributed by atoms with van der Waals surface area (Å²) in [5, 5.41) is 0. The summed E-state index contributed by atoms with van der Waals surface area (Å²) in [7, 11) is 0. The summed E-state index contributed by atoms with van der Waals surface area (Å²) in [6.07, 6.45) is -20.0. The van der Waals surface area contributed by atoms with Gasteiger partial charge in [-0.2, -0.15) is 52.7 Å². The van der Waals surface area contributed by atoms with Gasteiger partial charge in [0, 0.05) is 26.2 Å². The second-order valence-electron chi connectivity index (χ2n) is 9.73. The van der Waals surface area contributed by atoms with Gasteiger partial charge in [0.2, 0.25) is 23.1 Å². The van der Waals surface area contributed by atoms with Crippen LogP contribution in [-0.4, -0.2) is 71.0 Å². The van der Waals surface area contributed by atoms with Crippen molar-refractivity contribution in [3.8, 4) is 0 Å². The third-order valence-electron chi connectivity index (χ3n) is 5.98. The molecule has 0 heterocycles. The second-order valence-corrected chi connectivity index (χ2v) is 9.73. The number of alkyl halides is 12. The molecule has 284 valence electrons. The fourth-order valence-corrected chi connectivity index (χ4v) is 3.42. The number of Topliss-reactive ketones (excluding diaryl/α,β-unsaturated/α-hetero) is 8. The van der Waals surface area contributed by atoms with Gasteiger partial charge >= 0.3 is 24.7 Å². The average Bonchev–Trinajstić information content (AvgIpc) is 2.88. The van der Waals surface area contributed by atoms with Gasteiger partial charge in [-0.3, -0.25) is 38.4 Å². The minimum Gasteiger partial charge on any atom is -0.299 e. The van der Waals surface area contributed by atoms with Gasteiger partial charge in [0.25, 0.3) is 0 Å². The molecule has 8 nitrogen and oxygen atoms in total. The van der Waals surface area contributed by atoms with Gasteiger partial charge in [-0.05, 0) is 53.4 Å². The van der Waals surface area contributed by atoms with E-state index in [0.717, 1.165) is 27.7 Å². The van der Waals surface area contributed by atoms with E-state index in [1.165, 1.54) is 27.7 Å². The molecular weight excluding hydrogens is 784 g/mol. The standard InChI is InChI=1S/4C7H9F3O2.Zr/c4*1-3-5(4(2)11)6(12)7(8,9)10;/h4*5H,3H2,1-2H3;. The zero-order chi connectivity index (χ0) is 39.8. The molecule has 0 bridgehead atoms. The van der Waals surface area contributed by atoms with Crippen molar-refractivity contribution in [3.63, 3.8) is 0 Å². The van der Waals surface area contributed by atoms with E-state index in [0.29, 0.717) is 0 Å². The number of hydrogen-bond donors (Lipinski definition) is 0. The van der Waals surface area contributed by atoms with Crippen molar-refractivity contribution in [2.24, 2.45) is 23.7 Å². The first-order valence-electron chi connectivity index (χ1n) is 13.7. The van der Waals surface area contributed by atoms with Crippen LogP contribution in [0.2, 0.25) is 0 Å². The summed E-state index contributed by atoms with van der Waals surface area (Å²) in [6.45, 7) is 9.42. The maximum atomic E-state index is 11.7. The predicted octanol–water partition coefficient (Wildman–Crippen LogP) is 6.93. The maximum absolute atomic E-state index is 11.7. The average molecular weight is 820 g/mol. The largest absolute Gasteiger partial charge is 0.450 e. The monoisotopic (exact) mass is 818 g/mol. The number of halogens is 12. The number of carbonyl (C=O) groups excluding carboxylic acids is 8. The van der Waals surface area contributed by atoms with E-state index in [-0.39, 0.29) is 51.9 Å². The van der Waals surface area contributed by atoms with Gasteiger partial charge in [-0.15, -0.1) is 0 Å². The summed E-state index contributed by atoms with van der Waals surface area (Å²) >= 11 is 0. The third kappa shape index (κ3) is 22.7. The van der Waals surface area contributed by atoms with Crippen LogP contribution in [0.5, 0.6) is 0 Å². The Kier molecular flexibility index (Phi) is 27.0. The molecule has 4 atom stereocenters. The fraction of sp³-hybridized carbons (Fsp3) is 0.714. The van der Waals surface area contributed by atoms with Crippen LogP contribution in [0.25, 0.3) is 0 Å². The molecule has 0 saturated carbocycles. The maximum Gasteiger partial charge on any atom is 0.450 e. The van der Waals surface area contributed by atoms with Crippen LogP contribution in [0.4, 0.5) is 52.7 Å². The molecule has 49 heavy (non-hydrogen) atoms. The summed E-state index contributed by atoms with van der Waals surface area (Å²) in [5.74, 6) is -16.8. The smallest absolute Gasteiger partial charge is 0.299 e. The molecule has 0 rings (SSSR count). The van der Waals surface area contributed by atoms with Crippen molar-refractivity contribution in [2.45, 2.75) is 106 Å². The Morgan fingerprint density at radius 1 is 0.347 bits per heavy atom. The minimum atomic E-state index is -4.90. The van der Waals surface area contributed by atoms with Crippen molar-refractivity contribution < 1.29 is 117 Å². The molecule has 0 fully saturated rings. The Morgan fingerprint density at radius 3 is 0.469 bits per heavy atom. The van der Waals surface area contributed by atoms with Gasteiger partial charge in [-0.25, -0.2) is 0 Å². The van der Waals surface area contributed by atoms with Crippen molar-refractivity contribution in [1.29, 1.82) is 0 Å². The number of ketones is 8. The van der Waals surface area contributed by atoms with E-state index >= 15 is 0 Å². The Bertz CT molecular complexity index is 964. The number of rotatable bonds is 12. The third-order valence-corrected chi connectivity index (χ3v) is 5.98. The van der Waals surface area contributed by atoms with Crippen LogP contribution >= 0.6 is 0 Å². The molecule has 0 aromatic rings. The molecule has 0 amide bonds. The van der Waals surface area contributed by atoms with Gasteiger partial charge in [0.05, 0.1) is 23.7 Å². The SMILES string of the molecule is CCC(C(C)=O)C(=O)C(F)(F)F.CCC(C(C)=O)C(=O)C(F)(F)F.CCC(C(C)=O)C(=O)C(F)(F)F.CCC(C(C)=O)C(=O)C(F)(F)F.[Zr]. The van der Waals surface area contributed by atoms with Crippen LogP contribution in [0.1, 0.15) is 81.1 Å². The molecule has 0 aliphatic carbocycles. The molecule has 4 unspecified atom stereocenters. The molecule has 0 spiro atoms. The van der Waals surface area contributed by atoms with Crippen molar-refractivity contribution >= 4 is 46.3 Å². The zero-order valence-electron chi connectivity index (χ0n) is 27.4. The molecular formula is C28H36F12O8Zr. The Balaban J connectivity index is -0.000000174. The van der Waals surface area contributed by atoms with Crippen LogP contribution in [-0.2, 0) is 64.6 Å². The summed E-state index contributed by atoms with van der Waals surface area (Å²) < 4.78 is 141. The van der Waals surface area contributed by atoms with E-state index in [1.807, 2.05) is 0 Å². The fourth-order valence-electron chi connectivity index (χ4n) is 3.42. The van der Waals surface area contributed by atoms with Gasteiger partial charge in [0.15, 0.2) is 0 Å². The first-order valence-corrected chi connectivity index (χ1v) is 13.7. The van der Waals surface area contributed by atoms with E-state index in [4.69, 9.17) is 0 Å². The topological polar surface area (TPSA) is 137 Å². The summed E-state index contributed by atoms with van der Waals surface area (Å²) in [4.78, 5) is 84.1. The molecule has 0 aromatic heterocycles. The first kappa shape index (κ1) is 55.8. The number of carbonyl (C=O) groups is 8. The van der Waals surface area contributed by atoms with Crippen molar-refractivity contribution in [2.75, 3.05) is 0 Å². The molecule has 0 aliphatic rings. The van der Waals surface area contributed by atoms with Crippen LogP contribution in [0.3, 0.4) is 0 Å². The molecule has 0 aromatic carbocycles. The molecule has 0 N–H and O–H groups in total. The van der Waals surface area contributed by atoms with Crippen molar-refractivity contribution in [1.82, 2.24) is 0 Å². The summed E-state index contributed by atoms with van der Waals surface area (Å²) in [5.41, 5.74) is 0. The predicted molar refractivity (Wildman–Crippen MR) is 142 cm³/mol. The van der Waals surface area contributed by atoms with Gasteiger partial charge in [0.1, 0.15) is 23.1 Å². The van der Waals surface area contributed by atoms with E-state index in [2.05, 4.69) is 0 Å². The van der Waals surface area contributed by atoms with Gasteiger partial charge in [-0.1, -0.05) is 27.7 Å². The molecule has 0 radical (unpaired) electrons. The number of hydrogen-bond acceptors (Lipinski definition) is 8. The Hall–Kier alpha value is -2.60. The normalized spacial score (nSPS) is 13.8. The minimum absolute atomic E-state index is 0. The van der Waals surface area contributed by atoms with Crippen LogP contribution in [0.15, 0.2) is 0 Å². The van der Waals surface area contributed by atoms with Gasteiger partial charge < -0.3 is 0 Å². The first-order chi connectivity index (χ1) is 21.2. The quantitative estimate of drug-likeness (QED) is 0.153. The molecule has 21 heteroatoms. The van der Waals surface area contributed by atoms with Crippen LogP contribution in [0, 0.1) is 23.7 Å². The molecule has 0 saturated heterocycles. The second kappa shape index (κ2) is 23.7. The van der Waals surface area contributed by atoms with Crippen molar-refractivity contribution in [3.05, 3.63) is 0 Å². The Morgan fingerprint density at radius 2 is 0.449 bits per heavy atom. The van der Waals surface area contributed by atoms with Crippen LogP contribution < -0.4 is 0 Å². The van der Waals surface area contributed by atoms with E-state index in [1.54, 1.807) is 0 Å². The zero-order valence-corrected chi connectivity index (χ0v) is 29.9. The Labute approximate surface area is 292 Å². The van der Waals surface area contributed by atoms with E-state index < -0.39 is 94.6 Å². The molecule has 0 aliphatic heterocycles.